The fourth-order valence-corrected chi connectivity index (χ4v) is 3.68. The van der Waals surface area contributed by atoms with Crippen molar-refractivity contribution in [1.29, 1.82) is 0 Å². The number of aliphatic hydroxyl groups excluding tert-OH is 1. The number of aliphatic hydroxyl groups is 1. The number of hydrogen-bond acceptors (Lipinski definition) is 4. The highest BCUT2D eigenvalue weighted by molar-refractivity contribution is 6.05. The van der Waals surface area contributed by atoms with Gasteiger partial charge in [0.25, 0.3) is 0 Å². The second-order valence-electron chi connectivity index (χ2n) is 6.72. The number of halogens is 1. The van der Waals surface area contributed by atoms with Gasteiger partial charge in [-0.3, -0.25) is 14.5 Å². The van der Waals surface area contributed by atoms with Crippen molar-refractivity contribution in [3.8, 4) is 5.75 Å². The van der Waals surface area contributed by atoms with Gasteiger partial charge in [0.15, 0.2) is 11.6 Å². The van der Waals surface area contributed by atoms with E-state index >= 15 is 0 Å². The molecule has 1 spiro atoms. The summed E-state index contributed by atoms with van der Waals surface area (Å²) in [5, 5.41) is 10.1. The lowest BCUT2D eigenvalue weighted by atomic mass is 9.73. The van der Waals surface area contributed by atoms with Gasteiger partial charge in [0.05, 0.1) is 12.0 Å². The number of β-amino-alcohol motifs (C(OH)–C–C–N with tert-alkyl or cyclic N) is 1. The monoisotopic (exact) mass is 335 g/mol. The van der Waals surface area contributed by atoms with Crippen LogP contribution in [0.3, 0.4) is 0 Å². The second kappa shape index (κ2) is 6.89. The molecule has 3 rings (SSSR count). The minimum atomic E-state index is -1.05. The second-order valence-corrected chi connectivity index (χ2v) is 6.72. The molecule has 1 atom stereocenters. The summed E-state index contributed by atoms with van der Waals surface area (Å²) in [5.41, 5.74) is -0.554. The number of benzene rings is 1. The smallest absolute Gasteiger partial charge is 0.235 e. The summed E-state index contributed by atoms with van der Waals surface area (Å²) in [7, 11) is 0. The zero-order valence-corrected chi connectivity index (χ0v) is 13.5. The average molecular weight is 335 g/mol. The number of carbonyl (C=O) groups excluding carboxylic acids is 2. The highest BCUT2D eigenvalue weighted by atomic mass is 19.1. The minimum absolute atomic E-state index is 0.0411. The fourth-order valence-electron chi connectivity index (χ4n) is 3.68. The van der Waals surface area contributed by atoms with Gasteiger partial charge in [-0.25, -0.2) is 4.39 Å². The van der Waals surface area contributed by atoms with E-state index in [0.29, 0.717) is 0 Å². The van der Waals surface area contributed by atoms with E-state index in [0.717, 1.165) is 37.0 Å². The predicted octanol–water partition coefficient (Wildman–Crippen LogP) is 2.27. The Morgan fingerprint density at radius 1 is 1.21 bits per heavy atom. The van der Waals surface area contributed by atoms with Crippen LogP contribution in [0.2, 0.25) is 0 Å². The molecule has 0 aromatic heterocycles. The molecule has 6 heteroatoms. The Morgan fingerprint density at radius 3 is 2.62 bits per heavy atom. The van der Waals surface area contributed by atoms with Gasteiger partial charge in [0.2, 0.25) is 11.8 Å². The number of ether oxygens (including phenoxy) is 1. The third-order valence-corrected chi connectivity index (χ3v) is 4.96. The Hall–Kier alpha value is -1.95. The number of imide groups is 1. The third-order valence-electron chi connectivity index (χ3n) is 4.96. The molecule has 0 bridgehead atoms. The minimum Gasteiger partial charge on any atom is -0.488 e. The van der Waals surface area contributed by atoms with E-state index in [-0.39, 0.29) is 37.1 Å². The van der Waals surface area contributed by atoms with Gasteiger partial charge in [0.1, 0.15) is 12.7 Å². The zero-order chi connectivity index (χ0) is 17.2. The van der Waals surface area contributed by atoms with E-state index in [1.165, 1.54) is 12.1 Å². The van der Waals surface area contributed by atoms with Crippen LogP contribution in [0.15, 0.2) is 24.3 Å². The number of para-hydroxylation sites is 1. The number of amides is 2. The molecule has 0 radical (unpaired) electrons. The molecular weight excluding hydrogens is 313 g/mol. The largest absolute Gasteiger partial charge is 0.488 e. The molecule has 1 saturated heterocycles. The first-order valence-corrected chi connectivity index (χ1v) is 8.42. The number of carbonyl (C=O) groups is 2. The Labute approximate surface area is 140 Å². The van der Waals surface area contributed by atoms with Crippen LogP contribution in [-0.4, -0.2) is 41.1 Å². The molecule has 5 nitrogen and oxygen atoms in total. The van der Waals surface area contributed by atoms with Crippen LogP contribution in [0.4, 0.5) is 4.39 Å². The molecule has 24 heavy (non-hydrogen) atoms. The van der Waals surface area contributed by atoms with E-state index < -0.39 is 17.3 Å². The van der Waals surface area contributed by atoms with Crippen molar-refractivity contribution in [2.45, 2.75) is 44.6 Å². The maximum absolute atomic E-state index is 13.5. The van der Waals surface area contributed by atoms with Crippen LogP contribution < -0.4 is 4.74 Å². The standard InChI is InChI=1S/C18H22FNO4/c19-14-6-2-3-7-15(14)24-12-13(21)11-20-16(22)10-18(17(20)23)8-4-1-5-9-18/h2-3,6-7,13,21H,1,4-5,8-12H2/t13-/m1/s1. The summed E-state index contributed by atoms with van der Waals surface area (Å²) >= 11 is 0. The molecule has 0 unspecified atom stereocenters. The van der Waals surface area contributed by atoms with Gasteiger partial charge in [-0.1, -0.05) is 31.4 Å². The number of nitrogens with zero attached hydrogens (tertiary/aromatic N) is 1. The van der Waals surface area contributed by atoms with Crippen LogP contribution in [0, 0.1) is 11.2 Å². The molecule has 1 aliphatic carbocycles. The van der Waals surface area contributed by atoms with Gasteiger partial charge in [0, 0.05) is 6.42 Å². The summed E-state index contributed by atoms with van der Waals surface area (Å²) in [6, 6.07) is 5.91. The van der Waals surface area contributed by atoms with Crippen molar-refractivity contribution in [2.24, 2.45) is 5.41 Å². The highest BCUT2D eigenvalue weighted by Gasteiger charge is 2.51. The Kier molecular flexibility index (Phi) is 4.85. The first kappa shape index (κ1) is 16.9. The third kappa shape index (κ3) is 3.29. The van der Waals surface area contributed by atoms with Gasteiger partial charge < -0.3 is 9.84 Å². The molecule has 1 aromatic carbocycles. The van der Waals surface area contributed by atoms with Crippen LogP contribution >= 0.6 is 0 Å². The first-order valence-electron chi connectivity index (χ1n) is 8.42. The van der Waals surface area contributed by atoms with Crippen molar-refractivity contribution < 1.29 is 23.8 Å². The zero-order valence-electron chi connectivity index (χ0n) is 13.5. The van der Waals surface area contributed by atoms with Crippen molar-refractivity contribution in [1.82, 2.24) is 4.90 Å². The molecule has 1 aliphatic heterocycles. The number of hydrogen-bond donors (Lipinski definition) is 1. The van der Waals surface area contributed by atoms with E-state index in [1.807, 2.05) is 0 Å². The van der Waals surface area contributed by atoms with E-state index in [4.69, 9.17) is 4.74 Å². The topological polar surface area (TPSA) is 66.8 Å². The molecule has 1 saturated carbocycles. The van der Waals surface area contributed by atoms with E-state index in [1.54, 1.807) is 12.1 Å². The van der Waals surface area contributed by atoms with Crippen LogP contribution in [0.5, 0.6) is 5.75 Å². The van der Waals surface area contributed by atoms with Crippen molar-refractivity contribution in [2.75, 3.05) is 13.2 Å². The van der Waals surface area contributed by atoms with Crippen molar-refractivity contribution in [3.63, 3.8) is 0 Å². The summed E-state index contributed by atoms with van der Waals surface area (Å²) < 4.78 is 18.7. The molecule has 1 aromatic rings. The quantitative estimate of drug-likeness (QED) is 0.838. The van der Waals surface area contributed by atoms with E-state index in [2.05, 4.69) is 0 Å². The fraction of sp³-hybridized carbons (Fsp3) is 0.556. The van der Waals surface area contributed by atoms with Crippen LogP contribution in [0.1, 0.15) is 38.5 Å². The summed E-state index contributed by atoms with van der Waals surface area (Å²) in [6.45, 7) is -0.279. The predicted molar refractivity (Wildman–Crippen MR) is 84.8 cm³/mol. The lowest BCUT2D eigenvalue weighted by molar-refractivity contribution is -0.144. The molecule has 2 aliphatic rings. The van der Waals surface area contributed by atoms with Gasteiger partial charge >= 0.3 is 0 Å². The van der Waals surface area contributed by atoms with Crippen LogP contribution in [0.25, 0.3) is 0 Å². The van der Waals surface area contributed by atoms with Crippen molar-refractivity contribution in [3.05, 3.63) is 30.1 Å². The first-order chi connectivity index (χ1) is 11.5. The Bertz CT molecular complexity index is 627. The van der Waals surface area contributed by atoms with Crippen LogP contribution in [-0.2, 0) is 9.59 Å². The Balaban J connectivity index is 1.58. The highest BCUT2D eigenvalue weighted by Crippen LogP contribution is 2.45. The maximum Gasteiger partial charge on any atom is 0.235 e. The number of likely N-dealkylation sites (tertiary alicyclic amines) is 1. The lowest BCUT2D eigenvalue weighted by Crippen LogP contribution is -2.42. The summed E-state index contributed by atoms with van der Waals surface area (Å²) in [6.07, 6.45) is 3.72. The van der Waals surface area contributed by atoms with Gasteiger partial charge in [-0.15, -0.1) is 0 Å². The molecule has 130 valence electrons. The van der Waals surface area contributed by atoms with Crippen molar-refractivity contribution >= 4 is 11.8 Å². The molecular formula is C18H22FNO4. The average Bonchev–Trinajstić information content (AvgIpc) is 2.79. The number of rotatable bonds is 5. The molecule has 2 fully saturated rings. The summed E-state index contributed by atoms with van der Waals surface area (Å²) in [4.78, 5) is 26.0. The SMILES string of the molecule is O=C1CC2(CCCCC2)C(=O)N1C[C@@H](O)COc1ccccc1F. The summed E-state index contributed by atoms with van der Waals surface area (Å²) in [5.74, 6) is -0.873. The molecule has 2 amide bonds. The molecule has 1 N–H and O–H groups in total. The van der Waals surface area contributed by atoms with Gasteiger partial charge in [-0.2, -0.15) is 0 Å². The van der Waals surface area contributed by atoms with E-state index in [9.17, 15) is 19.1 Å². The normalized spacial score (nSPS) is 21.3. The van der Waals surface area contributed by atoms with Gasteiger partial charge in [-0.05, 0) is 25.0 Å². The lowest BCUT2D eigenvalue weighted by Gasteiger charge is -2.30. The maximum atomic E-state index is 13.5. The Morgan fingerprint density at radius 2 is 1.92 bits per heavy atom. The molecule has 1 heterocycles.